The maximum Gasteiger partial charge on any atom is 0.246 e. The zero-order chi connectivity index (χ0) is 14.5. The Bertz CT molecular complexity index is 513. The van der Waals surface area contributed by atoms with E-state index in [0.29, 0.717) is 5.92 Å². The molecule has 1 aliphatic heterocycles. The maximum atomic E-state index is 12.2. The van der Waals surface area contributed by atoms with Crippen LogP contribution in [-0.2, 0) is 4.79 Å². The first kappa shape index (κ1) is 15.1. The minimum Gasteiger partial charge on any atom is -0.496 e. The molecule has 0 saturated carbocycles. The lowest BCUT2D eigenvalue weighted by molar-refractivity contribution is -0.127. The van der Waals surface area contributed by atoms with Gasteiger partial charge in [0.05, 0.1) is 7.11 Å². The number of halogens is 1. The molecule has 4 heteroatoms. The summed E-state index contributed by atoms with van der Waals surface area (Å²) in [6, 6.07) is 5.75. The molecule has 1 unspecified atom stereocenters. The molecule has 2 rings (SSSR count). The monoisotopic (exact) mass is 337 g/mol. The molecule has 108 valence electrons. The van der Waals surface area contributed by atoms with Crippen molar-refractivity contribution < 1.29 is 9.53 Å². The highest BCUT2D eigenvalue weighted by Crippen LogP contribution is 2.24. The number of benzene rings is 1. The first-order valence-electron chi connectivity index (χ1n) is 6.90. The number of carbonyl (C=O) groups is 1. The van der Waals surface area contributed by atoms with Gasteiger partial charge in [-0.2, -0.15) is 0 Å². The number of rotatable bonds is 3. The number of hydrogen-bond acceptors (Lipinski definition) is 2. The maximum absolute atomic E-state index is 12.2. The number of piperidine rings is 1. The Kier molecular flexibility index (Phi) is 5.24. The fourth-order valence-electron chi connectivity index (χ4n) is 2.49. The Morgan fingerprint density at radius 1 is 1.50 bits per heavy atom. The van der Waals surface area contributed by atoms with E-state index in [2.05, 4.69) is 22.9 Å². The summed E-state index contributed by atoms with van der Waals surface area (Å²) in [5.74, 6) is 1.45. The van der Waals surface area contributed by atoms with Gasteiger partial charge in [-0.1, -0.05) is 22.9 Å². The minimum absolute atomic E-state index is 0.0820. The molecule has 1 aliphatic rings. The first-order valence-corrected chi connectivity index (χ1v) is 7.70. The lowest BCUT2D eigenvalue weighted by Crippen LogP contribution is -2.38. The predicted octanol–water partition coefficient (Wildman–Crippen LogP) is 3.73. The summed E-state index contributed by atoms with van der Waals surface area (Å²) >= 11 is 3.43. The second-order valence-electron chi connectivity index (χ2n) is 5.25. The van der Waals surface area contributed by atoms with Crippen LogP contribution in [0.15, 0.2) is 28.7 Å². The van der Waals surface area contributed by atoms with Gasteiger partial charge in [0.15, 0.2) is 0 Å². The van der Waals surface area contributed by atoms with E-state index in [9.17, 15) is 4.79 Å². The smallest absolute Gasteiger partial charge is 0.246 e. The Labute approximate surface area is 128 Å². The summed E-state index contributed by atoms with van der Waals surface area (Å²) in [6.07, 6.45) is 5.78. The third-order valence-electron chi connectivity index (χ3n) is 3.57. The molecule has 20 heavy (non-hydrogen) atoms. The number of nitrogens with zero attached hydrogens (tertiary/aromatic N) is 1. The Balaban J connectivity index is 2.08. The van der Waals surface area contributed by atoms with Crippen LogP contribution in [0.25, 0.3) is 6.08 Å². The molecule has 1 atom stereocenters. The van der Waals surface area contributed by atoms with Crippen molar-refractivity contribution in [1.29, 1.82) is 0 Å². The van der Waals surface area contributed by atoms with Crippen molar-refractivity contribution in [3.8, 4) is 5.75 Å². The number of ether oxygens (including phenoxy) is 1. The highest BCUT2D eigenvalue weighted by Gasteiger charge is 2.19. The first-order chi connectivity index (χ1) is 9.60. The standard InChI is InChI=1S/C16H20BrNO2/c1-12-4-3-9-18(11-12)16(19)8-5-13-10-14(17)6-7-15(13)20-2/h5-8,10,12H,3-4,9,11H2,1-2H3. The third-order valence-corrected chi connectivity index (χ3v) is 4.06. The van der Waals surface area contributed by atoms with Gasteiger partial charge in [-0.15, -0.1) is 0 Å². The molecule has 1 heterocycles. The second kappa shape index (κ2) is 6.93. The zero-order valence-electron chi connectivity index (χ0n) is 11.9. The lowest BCUT2D eigenvalue weighted by Gasteiger charge is -2.30. The molecule has 1 aromatic rings. The molecule has 0 bridgehead atoms. The number of hydrogen-bond donors (Lipinski definition) is 0. The van der Waals surface area contributed by atoms with Gasteiger partial charge in [-0.3, -0.25) is 4.79 Å². The van der Waals surface area contributed by atoms with Crippen LogP contribution in [0.2, 0.25) is 0 Å². The van der Waals surface area contributed by atoms with Crippen molar-refractivity contribution in [1.82, 2.24) is 4.90 Å². The Morgan fingerprint density at radius 3 is 3.00 bits per heavy atom. The van der Waals surface area contributed by atoms with Crippen molar-refractivity contribution in [3.63, 3.8) is 0 Å². The van der Waals surface area contributed by atoms with Crippen LogP contribution >= 0.6 is 15.9 Å². The lowest BCUT2D eigenvalue weighted by atomic mass is 10.0. The second-order valence-corrected chi connectivity index (χ2v) is 6.17. The Morgan fingerprint density at radius 2 is 2.30 bits per heavy atom. The van der Waals surface area contributed by atoms with E-state index in [4.69, 9.17) is 4.74 Å². The largest absolute Gasteiger partial charge is 0.496 e. The molecular weight excluding hydrogens is 318 g/mol. The summed E-state index contributed by atoms with van der Waals surface area (Å²) < 4.78 is 6.27. The van der Waals surface area contributed by atoms with E-state index in [1.54, 1.807) is 13.2 Å². The molecule has 0 spiro atoms. The van der Waals surface area contributed by atoms with Crippen LogP contribution in [0.5, 0.6) is 5.75 Å². The summed E-state index contributed by atoms with van der Waals surface area (Å²) in [7, 11) is 1.63. The molecular formula is C16H20BrNO2. The normalized spacial score (nSPS) is 19.4. The summed E-state index contributed by atoms with van der Waals surface area (Å²) in [5, 5.41) is 0. The molecule has 0 aromatic heterocycles. The van der Waals surface area contributed by atoms with E-state index < -0.39 is 0 Å². The predicted molar refractivity (Wildman–Crippen MR) is 84.7 cm³/mol. The SMILES string of the molecule is COc1ccc(Br)cc1C=CC(=O)N1CCCC(C)C1. The average molecular weight is 338 g/mol. The molecule has 1 fully saturated rings. The summed E-state index contributed by atoms with van der Waals surface area (Å²) in [6.45, 7) is 3.92. The molecule has 1 amide bonds. The van der Waals surface area contributed by atoms with E-state index in [0.717, 1.165) is 35.3 Å². The van der Waals surface area contributed by atoms with Crippen LogP contribution in [0.3, 0.4) is 0 Å². The zero-order valence-corrected chi connectivity index (χ0v) is 13.5. The fourth-order valence-corrected chi connectivity index (χ4v) is 2.87. The van der Waals surface area contributed by atoms with E-state index in [1.165, 1.54) is 6.42 Å². The summed E-state index contributed by atoms with van der Waals surface area (Å²) in [4.78, 5) is 14.1. The highest BCUT2D eigenvalue weighted by molar-refractivity contribution is 9.10. The number of methoxy groups -OCH3 is 1. The van der Waals surface area contributed by atoms with Gasteiger partial charge in [0.2, 0.25) is 5.91 Å². The molecule has 3 nitrogen and oxygen atoms in total. The van der Waals surface area contributed by atoms with Gasteiger partial charge in [0, 0.05) is 29.2 Å². The topological polar surface area (TPSA) is 29.5 Å². The van der Waals surface area contributed by atoms with Crippen molar-refractivity contribution >= 4 is 27.9 Å². The molecule has 0 aliphatic carbocycles. The van der Waals surface area contributed by atoms with Crippen LogP contribution in [-0.4, -0.2) is 31.0 Å². The van der Waals surface area contributed by atoms with E-state index in [-0.39, 0.29) is 5.91 Å². The quantitative estimate of drug-likeness (QED) is 0.786. The van der Waals surface area contributed by atoms with Gasteiger partial charge in [0.25, 0.3) is 0 Å². The van der Waals surface area contributed by atoms with Gasteiger partial charge in [0.1, 0.15) is 5.75 Å². The molecule has 0 N–H and O–H groups in total. The van der Waals surface area contributed by atoms with Crippen molar-refractivity contribution in [3.05, 3.63) is 34.3 Å². The van der Waals surface area contributed by atoms with Gasteiger partial charge >= 0.3 is 0 Å². The van der Waals surface area contributed by atoms with Crippen molar-refractivity contribution in [2.45, 2.75) is 19.8 Å². The summed E-state index contributed by atoms with van der Waals surface area (Å²) in [5.41, 5.74) is 0.903. The molecule has 1 aromatic carbocycles. The van der Waals surface area contributed by atoms with Gasteiger partial charge in [-0.05, 0) is 43.0 Å². The van der Waals surface area contributed by atoms with Gasteiger partial charge in [-0.25, -0.2) is 0 Å². The van der Waals surface area contributed by atoms with Crippen LogP contribution in [0.4, 0.5) is 0 Å². The fraction of sp³-hybridized carbons (Fsp3) is 0.438. The van der Waals surface area contributed by atoms with Crippen LogP contribution < -0.4 is 4.74 Å². The number of likely N-dealkylation sites (tertiary alicyclic amines) is 1. The van der Waals surface area contributed by atoms with Crippen molar-refractivity contribution in [2.75, 3.05) is 20.2 Å². The van der Waals surface area contributed by atoms with E-state index >= 15 is 0 Å². The average Bonchev–Trinajstić information content (AvgIpc) is 2.45. The highest BCUT2D eigenvalue weighted by atomic mass is 79.9. The number of carbonyl (C=O) groups excluding carboxylic acids is 1. The molecule has 0 radical (unpaired) electrons. The Hall–Kier alpha value is -1.29. The van der Waals surface area contributed by atoms with Crippen molar-refractivity contribution in [2.24, 2.45) is 5.92 Å². The minimum atomic E-state index is 0.0820. The number of amides is 1. The third kappa shape index (κ3) is 3.85. The molecule has 1 saturated heterocycles. The van der Waals surface area contributed by atoms with Gasteiger partial charge < -0.3 is 9.64 Å². The van der Waals surface area contributed by atoms with Crippen LogP contribution in [0, 0.1) is 5.92 Å². The van der Waals surface area contributed by atoms with Crippen LogP contribution in [0.1, 0.15) is 25.3 Å². The van der Waals surface area contributed by atoms with E-state index in [1.807, 2.05) is 29.2 Å².